The van der Waals surface area contributed by atoms with E-state index >= 15 is 0 Å². The third kappa shape index (κ3) is 2.40. The molecule has 6 heteroatoms. The molecule has 0 radical (unpaired) electrons. The van der Waals surface area contributed by atoms with Crippen molar-refractivity contribution in [3.63, 3.8) is 0 Å². The van der Waals surface area contributed by atoms with Crippen molar-refractivity contribution < 1.29 is 0 Å². The molecule has 2 aliphatic heterocycles. The van der Waals surface area contributed by atoms with Gasteiger partial charge in [-0.1, -0.05) is 6.42 Å². The van der Waals surface area contributed by atoms with E-state index in [1.54, 1.807) is 17.2 Å². The summed E-state index contributed by atoms with van der Waals surface area (Å²) in [6.07, 6.45) is 10.2. The van der Waals surface area contributed by atoms with Gasteiger partial charge in [0.25, 0.3) is 0 Å². The van der Waals surface area contributed by atoms with Crippen LogP contribution < -0.4 is 5.32 Å². The van der Waals surface area contributed by atoms with Crippen molar-refractivity contribution in [3.8, 4) is 5.82 Å². The van der Waals surface area contributed by atoms with Gasteiger partial charge < -0.3 is 5.32 Å². The third-order valence-electron chi connectivity index (χ3n) is 4.62. The second-order valence-corrected chi connectivity index (χ2v) is 5.85. The predicted molar refractivity (Wildman–Crippen MR) is 80.4 cm³/mol. The molecular formula is C15H20N6. The van der Waals surface area contributed by atoms with Crippen molar-refractivity contribution in [1.29, 1.82) is 0 Å². The van der Waals surface area contributed by atoms with Crippen LogP contribution in [0.2, 0.25) is 0 Å². The highest BCUT2D eigenvalue weighted by Gasteiger charge is 2.35. The van der Waals surface area contributed by atoms with E-state index in [1.807, 2.05) is 6.07 Å². The molecule has 2 aliphatic rings. The molecule has 4 rings (SSSR count). The van der Waals surface area contributed by atoms with Crippen LogP contribution >= 0.6 is 0 Å². The SMILES string of the molecule is c1cnc(-n2cncn2)c(NC2CCN3CCCCC23)c1. The number of aromatic nitrogens is 4. The minimum Gasteiger partial charge on any atom is -0.378 e. The maximum atomic E-state index is 4.45. The summed E-state index contributed by atoms with van der Waals surface area (Å²) in [7, 11) is 0. The summed E-state index contributed by atoms with van der Waals surface area (Å²) in [5.74, 6) is 0.823. The Hall–Kier alpha value is -1.95. The van der Waals surface area contributed by atoms with Gasteiger partial charge in [0.15, 0.2) is 5.82 Å². The van der Waals surface area contributed by atoms with Gasteiger partial charge in [-0.25, -0.2) is 14.6 Å². The molecule has 6 nitrogen and oxygen atoms in total. The summed E-state index contributed by atoms with van der Waals surface area (Å²) in [4.78, 5) is 11.1. The zero-order valence-corrected chi connectivity index (χ0v) is 12.0. The first-order valence-corrected chi connectivity index (χ1v) is 7.72. The van der Waals surface area contributed by atoms with E-state index in [9.17, 15) is 0 Å². The first kappa shape index (κ1) is 12.8. The molecular weight excluding hydrogens is 264 g/mol. The predicted octanol–water partition coefficient (Wildman–Crippen LogP) is 1.70. The highest BCUT2D eigenvalue weighted by Crippen LogP contribution is 2.30. The summed E-state index contributed by atoms with van der Waals surface area (Å²) in [5.41, 5.74) is 1.04. The monoisotopic (exact) mass is 284 g/mol. The maximum absolute atomic E-state index is 4.45. The average molecular weight is 284 g/mol. The van der Waals surface area contributed by atoms with Gasteiger partial charge in [0.1, 0.15) is 12.7 Å². The molecule has 110 valence electrons. The lowest BCUT2D eigenvalue weighted by Crippen LogP contribution is -2.41. The van der Waals surface area contributed by atoms with Gasteiger partial charge in [0.2, 0.25) is 0 Å². The molecule has 2 aromatic rings. The van der Waals surface area contributed by atoms with E-state index < -0.39 is 0 Å². The highest BCUT2D eigenvalue weighted by molar-refractivity contribution is 5.57. The molecule has 2 saturated heterocycles. The van der Waals surface area contributed by atoms with E-state index in [1.165, 1.54) is 45.1 Å². The Bertz CT molecular complexity index is 596. The van der Waals surface area contributed by atoms with Crippen LogP contribution in [-0.2, 0) is 0 Å². The molecule has 2 atom stereocenters. The Morgan fingerprint density at radius 2 is 2.19 bits per heavy atom. The zero-order chi connectivity index (χ0) is 14.1. The van der Waals surface area contributed by atoms with Crippen LogP contribution in [0, 0.1) is 0 Å². The Morgan fingerprint density at radius 1 is 1.19 bits per heavy atom. The van der Waals surface area contributed by atoms with Crippen molar-refractivity contribution in [2.45, 2.75) is 37.8 Å². The summed E-state index contributed by atoms with van der Waals surface area (Å²) < 4.78 is 1.72. The van der Waals surface area contributed by atoms with E-state index in [0.29, 0.717) is 12.1 Å². The number of anilines is 1. The third-order valence-corrected chi connectivity index (χ3v) is 4.62. The molecule has 2 aromatic heterocycles. The first-order valence-electron chi connectivity index (χ1n) is 7.72. The number of hydrogen-bond acceptors (Lipinski definition) is 5. The number of fused-ring (bicyclic) bond motifs is 1. The molecule has 4 heterocycles. The Labute approximate surface area is 124 Å². The van der Waals surface area contributed by atoms with Crippen molar-refractivity contribution in [3.05, 3.63) is 31.0 Å². The van der Waals surface area contributed by atoms with Crippen molar-refractivity contribution in [1.82, 2.24) is 24.6 Å². The molecule has 0 bridgehead atoms. The number of nitrogens with one attached hydrogen (secondary N) is 1. The maximum Gasteiger partial charge on any atom is 0.178 e. The second kappa shape index (κ2) is 5.44. The lowest BCUT2D eigenvalue weighted by Gasteiger charge is -2.33. The fraction of sp³-hybridized carbons (Fsp3) is 0.533. The van der Waals surface area contributed by atoms with Gasteiger partial charge in [0, 0.05) is 24.8 Å². The minimum absolute atomic E-state index is 0.511. The van der Waals surface area contributed by atoms with Crippen molar-refractivity contribution in [2.75, 3.05) is 18.4 Å². The molecule has 21 heavy (non-hydrogen) atoms. The average Bonchev–Trinajstić information content (AvgIpc) is 3.18. The highest BCUT2D eigenvalue weighted by atomic mass is 15.3. The normalized spacial score (nSPS) is 25.7. The lowest BCUT2D eigenvalue weighted by atomic mass is 9.99. The molecule has 0 spiro atoms. The summed E-state index contributed by atoms with van der Waals surface area (Å²) in [6.45, 7) is 2.47. The van der Waals surface area contributed by atoms with Gasteiger partial charge in [-0.05, 0) is 37.9 Å². The van der Waals surface area contributed by atoms with Crippen molar-refractivity contribution >= 4 is 5.69 Å². The fourth-order valence-electron chi connectivity index (χ4n) is 3.63. The van der Waals surface area contributed by atoms with Crippen LogP contribution in [0.15, 0.2) is 31.0 Å². The quantitative estimate of drug-likeness (QED) is 0.929. The second-order valence-electron chi connectivity index (χ2n) is 5.85. The van der Waals surface area contributed by atoms with Crippen LogP contribution in [-0.4, -0.2) is 49.8 Å². The molecule has 0 amide bonds. The lowest BCUT2D eigenvalue weighted by molar-refractivity contribution is 0.193. The molecule has 2 fully saturated rings. The molecule has 1 N–H and O–H groups in total. The molecule has 2 unspecified atom stereocenters. The molecule has 0 saturated carbocycles. The van der Waals surface area contributed by atoms with Crippen LogP contribution in [0.4, 0.5) is 5.69 Å². The number of pyridine rings is 1. The number of piperidine rings is 1. The van der Waals surface area contributed by atoms with Gasteiger partial charge in [0.05, 0.1) is 5.69 Å². The molecule has 0 aliphatic carbocycles. The van der Waals surface area contributed by atoms with E-state index in [2.05, 4.69) is 31.3 Å². The van der Waals surface area contributed by atoms with Gasteiger partial charge in [-0.15, -0.1) is 0 Å². The Kier molecular flexibility index (Phi) is 3.31. The summed E-state index contributed by atoms with van der Waals surface area (Å²) in [5, 5.41) is 7.90. The van der Waals surface area contributed by atoms with E-state index in [-0.39, 0.29) is 0 Å². The minimum atomic E-state index is 0.511. The van der Waals surface area contributed by atoms with Crippen LogP contribution in [0.1, 0.15) is 25.7 Å². The summed E-state index contributed by atoms with van der Waals surface area (Å²) >= 11 is 0. The fourth-order valence-corrected chi connectivity index (χ4v) is 3.63. The van der Waals surface area contributed by atoms with Gasteiger partial charge in [-0.2, -0.15) is 5.10 Å². The zero-order valence-electron chi connectivity index (χ0n) is 12.0. The van der Waals surface area contributed by atoms with Crippen LogP contribution in [0.25, 0.3) is 5.82 Å². The standard InChI is InChI=1S/C15H20N6/c1-2-8-20-9-6-12(14(20)5-1)19-13-4-3-7-17-15(13)21-11-16-10-18-21/h3-4,7,10-12,14,19H,1-2,5-6,8-9H2. The number of rotatable bonds is 3. The smallest absolute Gasteiger partial charge is 0.178 e. The van der Waals surface area contributed by atoms with E-state index in [4.69, 9.17) is 0 Å². The van der Waals surface area contributed by atoms with Gasteiger partial charge in [-0.3, -0.25) is 4.90 Å². The number of hydrogen-bond donors (Lipinski definition) is 1. The van der Waals surface area contributed by atoms with Crippen LogP contribution in [0.5, 0.6) is 0 Å². The molecule has 0 aromatic carbocycles. The first-order chi connectivity index (χ1) is 10.4. The number of nitrogens with zero attached hydrogens (tertiary/aromatic N) is 5. The van der Waals surface area contributed by atoms with Crippen molar-refractivity contribution in [2.24, 2.45) is 0 Å². The van der Waals surface area contributed by atoms with Gasteiger partial charge >= 0.3 is 0 Å². The topological polar surface area (TPSA) is 58.9 Å². The summed E-state index contributed by atoms with van der Waals surface area (Å²) in [6, 6.07) is 5.23. The van der Waals surface area contributed by atoms with E-state index in [0.717, 1.165) is 11.5 Å². The van der Waals surface area contributed by atoms with Crippen LogP contribution in [0.3, 0.4) is 0 Å². The Morgan fingerprint density at radius 3 is 3.10 bits per heavy atom. The largest absolute Gasteiger partial charge is 0.378 e. The Balaban J connectivity index is 1.58.